The molecular formula is C16H21F3N4O3. The Hall–Kier alpha value is -2.36. The molecule has 1 heterocycles. The minimum absolute atomic E-state index is 0.0833. The number of carbonyl (C=O) groups is 1. The summed E-state index contributed by atoms with van der Waals surface area (Å²) >= 11 is 0. The summed E-state index contributed by atoms with van der Waals surface area (Å²) in [4.78, 5) is 24.1. The van der Waals surface area contributed by atoms with Gasteiger partial charge in [0.15, 0.2) is 0 Å². The van der Waals surface area contributed by atoms with Gasteiger partial charge in [-0.15, -0.1) is 0 Å². The molecule has 0 aliphatic carbocycles. The van der Waals surface area contributed by atoms with E-state index in [2.05, 4.69) is 5.32 Å². The van der Waals surface area contributed by atoms with Gasteiger partial charge < -0.3 is 16.0 Å². The van der Waals surface area contributed by atoms with Crippen molar-refractivity contribution in [3.8, 4) is 0 Å². The van der Waals surface area contributed by atoms with Gasteiger partial charge in [-0.05, 0) is 37.9 Å². The van der Waals surface area contributed by atoms with Crippen LogP contribution in [0.25, 0.3) is 0 Å². The van der Waals surface area contributed by atoms with Gasteiger partial charge in [0.1, 0.15) is 5.69 Å². The van der Waals surface area contributed by atoms with Gasteiger partial charge in [0.05, 0.1) is 10.5 Å². The molecule has 0 aromatic heterocycles. The molecule has 1 amide bonds. The zero-order valence-electron chi connectivity index (χ0n) is 14.1. The van der Waals surface area contributed by atoms with Crippen LogP contribution in [0.15, 0.2) is 18.2 Å². The van der Waals surface area contributed by atoms with E-state index in [-0.39, 0.29) is 17.5 Å². The molecule has 10 heteroatoms. The topological polar surface area (TPSA) is 102 Å². The predicted molar refractivity (Wildman–Crippen MR) is 89.7 cm³/mol. The number of nitrogens with one attached hydrogen (secondary N) is 1. The molecule has 2 rings (SSSR count). The largest absolute Gasteiger partial charge is 0.416 e. The summed E-state index contributed by atoms with van der Waals surface area (Å²) in [5, 5.41) is 14.0. The number of alkyl halides is 3. The summed E-state index contributed by atoms with van der Waals surface area (Å²) in [6, 6.07) is 2.53. The Morgan fingerprint density at radius 1 is 1.35 bits per heavy atom. The molecule has 1 aliphatic heterocycles. The SMILES string of the molecule is NCCCNC(=O)C1CCN(c2ccc(C(F)(F)F)cc2[N+](=O)[O-])CC1. The molecular weight excluding hydrogens is 353 g/mol. The Balaban J connectivity index is 2.07. The lowest BCUT2D eigenvalue weighted by molar-refractivity contribution is -0.384. The first-order valence-corrected chi connectivity index (χ1v) is 8.32. The van der Waals surface area contributed by atoms with Crippen LogP contribution in [-0.4, -0.2) is 37.0 Å². The molecule has 3 N–H and O–H groups in total. The highest BCUT2D eigenvalue weighted by Gasteiger charge is 2.34. The van der Waals surface area contributed by atoms with Crippen LogP contribution in [0.2, 0.25) is 0 Å². The molecule has 26 heavy (non-hydrogen) atoms. The number of anilines is 1. The number of nitrogens with two attached hydrogens (primary N) is 1. The Morgan fingerprint density at radius 3 is 2.54 bits per heavy atom. The molecule has 1 aromatic carbocycles. The lowest BCUT2D eigenvalue weighted by Crippen LogP contribution is -2.41. The summed E-state index contributed by atoms with van der Waals surface area (Å²) in [6.07, 6.45) is -3.00. The van der Waals surface area contributed by atoms with E-state index in [1.54, 1.807) is 4.90 Å². The van der Waals surface area contributed by atoms with Crippen LogP contribution < -0.4 is 16.0 Å². The van der Waals surface area contributed by atoms with E-state index in [0.29, 0.717) is 51.5 Å². The summed E-state index contributed by atoms with van der Waals surface area (Å²) in [5.41, 5.74) is 3.88. The molecule has 1 saturated heterocycles. The maximum atomic E-state index is 12.8. The lowest BCUT2D eigenvalue weighted by Gasteiger charge is -2.32. The number of nitro groups is 1. The predicted octanol–water partition coefficient (Wildman–Crippen LogP) is 2.30. The first kappa shape index (κ1) is 20.0. The summed E-state index contributed by atoms with van der Waals surface area (Å²) in [6.45, 7) is 1.71. The highest BCUT2D eigenvalue weighted by molar-refractivity contribution is 5.79. The molecule has 0 unspecified atom stereocenters. The molecule has 1 aromatic rings. The van der Waals surface area contributed by atoms with Gasteiger partial charge >= 0.3 is 6.18 Å². The third-order valence-corrected chi connectivity index (χ3v) is 4.39. The fourth-order valence-electron chi connectivity index (χ4n) is 2.95. The van der Waals surface area contributed by atoms with Crippen LogP contribution >= 0.6 is 0 Å². The van der Waals surface area contributed by atoms with Crippen molar-refractivity contribution >= 4 is 17.3 Å². The van der Waals surface area contributed by atoms with Crippen molar-refractivity contribution in [3.05, 3.63) is 33.9 Å². The number of benzene rings is 1. The number of halogens is 3. The maximum Gasteiger partial charge on any atom is 0.416 e. The number of carbonyl (C=O) groups excluding carboxylic acids is 1. The van der Waals surface area contributed by atoms with Crippen molar-refractivity contribution in [2.75, 3.05) is 31.1 Å². The van der Waals surface area contributed by atoms with Crippen molar-refractivity contribution in [3.63, 3.8) is 0 Å². The van der Waals surface area contributed by atoms with Gasteiger partial charge in [-0.25, -0.2) is 0 Å². The van der Waals surface area contributed by atoms with Gasteiger partial charge in [0.25, 0.3) is 5.69 Å². The minimum Gasteiger partial charge on any atom is -0.366 e. The third kappa shape index (κ3) is 4.84. The van der Waals surface area contributed by atoms with E-state index in [4.69, 9.17) is 5.73 Å². The quantitative estimate of drug-likeness (QED) is 0.452. The van der Waals surface area contributed by atoms with Crippen molar-refractivity contribution in [1.29, 1.82) is 0 Å². The second-order valence-corrected chi connectivity index (χ2v) is 6.15. The molecule has 144 valence electrons. The highest BCUT2D eigenvalue weighted by atomic mass is 19.4. The molecule has 7 nitrogen and oxygen atoms in total. The molecule has 0 spiro atoms. The Morgan fingerprint density at radius 2 is 2.00 bits per heavy atom. The fraction of sp³-hybridized carbons (Fsp3) is 0.562. The minimum atomic E-state index is -4.64. The zero-order chi connectivity index (χ0) is 19.3. The van der Waals surface area contributed by atoms with Gasteiger partial charge in [0, 0.05) is 31.6 Å². The average Bonchev–Trinajstić information content (AvgIpc) is 2.60. The summed E-state index contributed by atoms with van der Waals surface area (Å²) in [5.74, 6) is -0.294. The third-order valence-electron chi connectivity index (χ3n) is 4.39. The van der Waals surface area contributed by atoms with Gasteiger partial charge in [-0.3, -0.25) is 14.9 Å². The molecule has 0 saturated carbocycles. The van der Waals surface area contributed by atoms with Crippen LogP contribution in [0.1, 0.15) is 24.8 Å². The Labute approximate surface area is 148 Å². The van der Waals surface area contributed by atoms with Crippen molar-refractivity contribution in [2.45, 2.75) is 25.4 Å². The molecule has 1 fully saturated rings. The standard InChI is InChI=1S/C16H21F3N4O3/c17-16(18,19)12-2-3-13(14(10-12)23(25)26)22-8-4-11(5-9-22)15(24)21-7-1-6-20/h2-3,10-11H,1,4-9,20H2,(H,21,24). The normalized spacial score (nSPS) is 15.8. The molecule has 0 bridgehead atoms. The van der Waals surface area contributed by atoms with Crippen molar-refractivity contribution in [2.24, 2.45) is 11.7 Å². The number of hydrogen-bond acceptors (Lipinski definition) is 5. The fourth-order valence-corrected chi connectivity index (χ4v) is 2.95. The van der Waals surface area contributed by atoms with E-state index >= 15 is 0 Å². The first-order valence-electron chi connectivity index (χ1n) is 8.32. The van der Waals surface area contributed by atoms with Crippen molar-refractivity contribution < 1.29 is 22.9 Å². The van der Waals surface area contributed by atoms with Crippen LogP contribution in [-0.2, 0) is 11.0 Å². The molecule has 0 radical (unpaired) electrons. The van der Waals surface area contributed by atoms with E-state index in [1.165, 1.54) is 0 Å². The van der Waals surface area contributed by atoms with Gasteiger partial charge in [0.2, 0.25) is 5.91 Å². The Bertz CT molecular complexity index is 659. The van der Waals surface area contributed by atoms with Crippen LogP contribution in [0, 0.1) is 16.0 Å². The second kappa shape index (κ2) is 8.35. The monoisotopic (exact) mass is 374 g/mol. The smallest absolute Gasteiger partial charge is 0.366 e. The highest BCUT2D eigenvalue weighted by Crippen LogP contribution is 2.37. The van der Waals surface area contributed by atoms with Gasteiger partial charge in [-0.2, -0.15) is 13.2 Å². The van der Waals surface area contributed by atoms with E-state index in [1.807, 2.05) is 0 Å². The molecule has 0 atom stereocenters. The van der Waals surface area contributed by atoms with Crippen molar-refractivity contribution in [1.82, 2.24) is 5.32 Å². The van der Waals surface area contributed by atoms with E-state index in [9.17, 15) is 28.1 Å². The average molecular weight is 374 g/mol. The molecule has 1 aliphatic rings. The van der Waals surface area contributed by atoms with Crippen LogP contribution in [0.3, 0.4) is 0 Å². The number of nitro benzene ring substituents is 1. The summed E-state index contributed by atoms with van der Waals surface area (Å²) in [7, 11) is 0. The zero-order valence-corrected chi connectivity index (χ0v) is 14.1. The second-order valence-electron chi connectivity index (χ2n) is 6.15. The number of nitrogens with zero attached hydrogens (tertiary/aromatic N) is 2. The van der Waals surface area contributed by atoms with Crippen LogP contribution in [0.4, 0.5) is 24.5 Å². The number of amides is 1. The first-order chi connectivity index (χ1) is 12.2. The van der Waals surface area contributed by atoms with Crippen LogP contribution in [0.5, 0.6) is 0 Å². The summed E-state index contributed by atoms with van der Waals surface area (Å²) < 4.78 is 38.4. The Kier molecular flexibility index (Phi) is 6.41. The lowest BCUT2D eigenvalue weighted by atomic mass is 9.95. The number of hydrogen-bond donors (Lipinski definition) is 2. The number of piperidine rings is 1. The van der Waals surface area contributed by atoms with E-state index in [0.717, 1.165) is 12.1 Å². The maximum absolute atomic E-state index is 12.8. The number of rotatable bonds is 6. The van der Waals surface area contributed by atoms with E-state index < -0.39 is 22.4 Å². The van der Waals surface area contributed by atoms with Gasteiger partial charge in [-0.1, -0.05) is 0 Å².